The van der Waals surface area contributed by atoms with Crippen LogP contribution in [-0.2, 0) is 16.0 Å². The molecule has 2 aromatic rings. The number of carbonyl (C=O) groups is 1. The second-order valence-electron chi connectivity index (χ2n) is 5.94. The number of fused-ring (bicyclic) bond motifs is 1. The van der Waals surface area contributed by atoms with Gasteiger partial charge in [0.1, 0.15) is 0 Å². The first-order chi connectivity index (χ1) is 11.2. The number of amides is 1. The fraction of sp³-hybridized carbons (Fsp3) is 0.316. The number of methoxy groups -OCH3 is 1. The number of nitrogens with two attached hydrogens (primary N) is 1. The second-order valence-corrected chi connectivity index (χ2v) is 5.94. The van der Waals surface area contributed by atoms with Gasteiger partial charge < -0.3 is 15.8 Å². The number of hydrogen-bond donors (Lipinski definition) is 2. The highest BCUT2D eigenvalue weighted by molar-refractivity contribution is 5.82. The Hall–Kier alpha value is -2.33. The molecule has 0 aliphatic heterocycles. The summed E-state index contributed by atoms with van der Waals surface area (Å²) >= 11 is 0. The van der Waals surface area contributed by atoms with Crippen molar-refractivity contribution in [2.24, 2.45) is 0 Å². The van der Waals surface area contributed by atoms with Gasteiger partial charge in [-0.05, 0) is 48.1 Å². The van der Waals surface area contributed by atoms with Crippen LogP contribution < -0.4 is 11.1 Å². The number of carbonyl (C=O) groups excluding carboxylic acids is 1. The van der Waals surface area contributed by atoms with Crippen LogP contribution in [0, 0.1) is 0 Å². The predicted octanol–water partition coefficient (Wildman–Crippen LogP) is 3.15. The number of anilines is 1. The summed E-state index contributed by atoms with van der Waals surface area (Å²) in [6.45, 7) is 0. The van der Waals surface area contributed by atoms with Crippen LogP contribution in [0.2, 0.25) is 0 Å². The third kappa shape index (κ3) is 3.37. The monoisotopic (exact) mass is 310 g/mol. The van der Waals surface area contributed by atoms with E-state index in [1.165, 1.54) is 11.1 Å². The molecular formula is C19H22N2O2. The lowest BCUT2D eigenvalue weighted by atomic mass is 9.87. The third-order valence-electron chi connectivity index (χ3n) is 4.37. The number of benzene rings is 2. The van der Waals surface area contributed by atoms with Crippen LogP contribution in [0.5, 0.6) is 0 Å². The van der Waals surface area contributed by atoms with Crippen LogP contribution in [0.1, 0.15) is 41.7 Å². The summed E-state index contributed by atoms with van der Waals surface area (Å²) in [4.78, 5) is 12.7. The first kappa shape index (κ1) is 15.6. The first-order valence-corrected chi connectivity index (χ1v) is 7.95. The van der Waals surface area contributed by atoms with Gasteiger partial charge in [-0.15, -0.1) is 0 Å². The molecule has 120 valence electrons. The summed E-state index contributed by atoms with van der Waals surface area (Å²) in [6, 6.07) is 15.5. The maximum absolute atomic E-state index is 12.7. The van der Waals surface area contributed by atoms with Gasteiger partial charge in [0.15, 0.2) is 6.10 Å². The molecule has 2 atom stereocenters. The van der Waals surface area contributed by atoms with Gasteiger partial charge >= 0.3 is 0 Å². The Morgan fingerprint density at radius 3 is 2.78 bits per heavy atom. The molecule has 4 nitrogen and oxygen atoms in total. The van der Waals surface area contributed by atoms with Crippen molar-refractivity contribution in [1.82, 2.24) is 5.32 Å². The Morgan fingerprint density at radius 1 is 1.26 bits per heavy atom. The van der Waals surface area contributed by atoms with E-state index in [1.54, 1.807) is 7.11 Å². The Morgan fingerprint density at radius 2 is 2.04 bits per heavy atom. The molecule has 0 spiro atoms. The van der Waals surface area contributed by atoms with Crippen LogP contribution in [0.3, 0.4) is 0 Å². The molecule has 3 rings (SSSR count). The van der Waals surface area contributed by atoms with Crippen LogP contribution in [0.25, 0.3) is 0 Å². The lowest BCUT2D eigenvalue weighted by Gasteiger charge is -2.28. The first-order valence-electron chi connectivity index (χ1n) is 7.95. The summed E-state index contributed by atoms with van der Waals surface area (Å²) in [5.74, 6) is -0.103. The largest absolute Gasteiger partial charge is 0.399 e. The molecule has 0 saturated carbocycles. The van der Waals surface area contributed by atoms with Crippen molar-refractivity contribution >= 4 is 11.6 Å². The Bertz CT molecular complexity index is 685. The predicted molar refractivity (Wildman–Crippen MR) is 90.9 cm³/mol. The Balaban J connectivity index is 1.78. The number of nitrogens with one attached hydrogen (secondary N) is 1. The van der Waals surface area contributed by atoms with Crippen LogP contribution >= 0.6 is 0 Å². The minimum atomic E-state index is -0.588. The van der Waals surface area contributed by atoms with Gasteiger partial charge in [-0.25, -0.2) is 0 Å². The summed E-state index contributed by atoms with van der Waals surface area (Å²) in [5.41, 5.74) is 9.90. The highest BCUT2D eigenvalue weighted by Crippen LogP contribution is 2.31. The zero-order valence-electron chi connectivity index (χ0n) is 13.3. The van der Waals surface area contributed by atoms with E-state index in [9.17, 15) is 4.79 Å². The van der Waals surface area contributed by atoms with Gasteiger partial charge in [-0.1, -0.05) is 36.4 Å². The number of rotatable bonds is 4. The summed E-state index contributed by atoms with van der Waals surface area (Å²) in [6.07, 6.45) is 2.41. The number of hydrogen-bond acceptors (Lipinski definition) is 3. The van der Waals surface area contributed by atoms with Crippen molar-refractivity contribution in [2.45, 2.75) is 31.4 Å². The van der Waals surface area contributed by atoms with Crippen molar-refractivity contribution in [2.75, 3.05) is 12.8 Å². The van der Waals surface area contributed by atoms with Crippen molar-refractivity contribution in [3.63, 3.8) is 0 Å². The summed E-state index contributed by atoms with van der Waals surface area (Å²) in [7, 11) is 1.56. The standard InChI is InChI=1S/C19H22N2O2/c1-23-18(13-6-3-2-4-7-13)19(22)21-17-9-5-8-14-12-15(20)10-11-16(14)17/h2-4,6-7,10-12,17-18H,5,8-9,20H2,1H3,(H,21,22). The van der Waals surface area contributed by atoms with E-state index < -0.39 is 6.10 Å². The molecule has 0 fully saturated rings. The third-order valence-corrected chi connectivity index (χ3v) is 4.37. The molecule has 1 aliphatic rings. The fourth-order valence-corrected chi connectivity index (χ4v) is 3.25. The SMILES string of the molecule is COC(C(=O)NC1CCCc2cc(N)ccc21)c1ccccc1. The van der Waals surface area contributed by atoms with Crippen LogP contribution in [-0.4, -0.2) is 13.0 Å². The minimum absolute atomic E-state index is 0.0215. The van der Waals surface area contributed by atoms with Gasteiger partial charge in [-0.2, -0.15) is 0 Å². The zero-order valence-corrected chi connectivity index (χ0v) is 13.3. The Kier molecular flexibility index (Phi) is 4.63. The smallest absolute Gasteiger partial charge is 0.254 e. The maximum Gasteiger partial charge on any atom is 0.254 e. The molecule has 2 aromatic carbocycles. The summed E-state index contributed by atoms with van der Waals surface area (Å²) < 4.78 is 5.41. The highest BCUT2D eigenvalue weighted by atomic mass is 16.5. The normalized spacial score (nSPS) is 18.0. The molecule has 0 aromatic heterocycles. The number of ether oxygens (including phenoxy) is 1. The topological polar surface area (TPSA) is 64.3 Å². The van der Waals surface area contributed by atoms with Gasteiger partial charge in [0.2, 0.25) is 0 Å². The number of nitrogen functional groups attached to an aromatic ring is 1. The lowest BCUT2D eigenvalue weighted by Crippen LogP contribution is -2.35. The zero-order chi connectivity index (χ0) is 16.2. The molecule has 0 heterocycles. The fourth-order valence-electron chi connectivity index (χ4n) is 3.25. The van der Waals surface area contributed by atoms with Crippen molar-refractivity contribution in [3.8, 4) is 0 Å². The van der Waals surface area contributed by atoms with Crippen molar-refractivity contribution in [1.29, 1.82) is 0 Å². The quantitative estimate of drug-likeness (QED) is 0.853. The van der Waals surface area contributed by atoms with Crippen molar-refractivity contribution in [3.05, 3.63) is 65.2 Å². The van der Waals surface area contributed by atoms with Crippen LogP contribution in [0.4, 0.5) is 5.69 Å². The highest BCUT2D eigenvalue weighted by Gasteiger charge is 2.26. The van der Waals surface area contributed by atoms with Gasteiger partial charge in [0.05, 0.1) is 6.04 Å². The maximum atomic E-state index is 12.7. The second kappa shape index (κ2) is 6.84. The van der Waals surface area contributed by atoms with Gasteiger partial charge in [0.25, 0.3) is 5.91 Å². The van der Waals surface area contributed by atoms with Crippen LogP contribution in [0.15, 0.2) is 48.5 Å². The summed E-state index contributed by atoms with van der Waals surface area (Å²) in [5, 5.41) is 3.14. The molecule has 4 heteroatoms. The minimum Gasteiger partial charge on any atom is -0.399 e. The van der Waals surface area contributed by atoms with Crippen molar-refractivity contribution < 1.29 is 9.53 Å². The van der Waals surface area contributed by atoms with E-state index in [1.807, 2.05) is 48.5 Å². The molecule has 0 radical (unpaired) electrons. The van der Waals surface area contributed by atoms with E-state index in [0.717, 1.165) is 30.5 Å². The average Bonchev–Trinajstić information content (AvgIpc) is 2.56. The average molecular weight is 310 g/mol. The molecule has 0 bridgehead atoms. The molecule has 2 unspecified atom stereocenters. The molecule has 0 saturated heterocycles. The van der Waals surface area contributed by atoms with Gasteiger partial charge in [-0.3, -0.25) is 4.79 Å². The van der Waals surface area contributed by atoms with E-state index in [4.69, 9.17) is 10.5 Å². The van der Waals surface area contributed by atoms with E-state index >= 15 is 0 Å². The molecule has 1 aliphatic carbocycles. The molecule has 1 amide bonds. The molecular weight excluding hydrogens is 288 g/mol. The van der Waals surface area contributed by atoms with Gasteiger partial charge in [0, 0.05) is 12.8 Å². The molecule has 23 heavy (non-hydrogen) atoms. The number of aryl methyl sites for hydroxylation is 1. The van der Waals surface area contributed by atoms with E-state index in [2.05, 4.69) is 5.32 Å². The molecule has 3 N–H and O–H groups in total. The lowest BCUT2D eigenvalue weighted by molar-refractivity contribution is -0.132. The van der Waals surface area contributed by atoms with E-state index in [-0.39, 0.29) is 11.9 Å². The van der Waals surface area contributed by atoms with E-state index in [0.29, 0.717) is 0 Å². The Labute approximate surface area is 136 Å².